The molecule has 6 nitrogen and oxygen atoms in total. The fraction of sp³-hybridized carbons (Fsp3) is 0.800. The van der Waals surface area contributed by atoms with Gasteiger partial charge in [-0.25, -0.2) is 9.59 Å². The standard InChI is InChI=1S/C10H18O6S5/c11-7(12)8(13)21-10(9(14)15,1-5(19)3-17)16-2-6(20)4-18/h5-6,8,13,17-20H,1-4H2,(H,11,12)(H,14,15). The van der Waals surface area contributed by atoms with E-state index >= 15 is 0 Å². The molecule has 11 heteroatoms. The number of carboxylic acids is 2. The summed E-state index contributed by atoms with van der Waals surface area (Å²) in [5.74, 6) is -2.33. The van der Waals surface area contributed by atoms with Gasteiger partial charge in [0.15, 0.2) is 0 Å². The summed E-state index contributed by atoms with van der Waals surface area (Å²) >= 11 is 16.6. The second-order valence-electron chi connectivity index (χ2n) is 4.05. The largest absolute Gasteiger partial charge is 0.479 e. The normalized spacial score (nSPS) is 18.5. The van der Waals surface area contributed by atoms with E-state index in [0.29, 0.717) is 17.5 Å². The van der Waals surface area contributed by atoms with Gasteiger partial charge in [-0.15, -0.1) is 0 Å². The zero-order valence-corrected chi connectivity index (χ0v) is 15.2. The van der Waals surface area contributed by atoms with E-state index in [1.165, 1.54) is 0 Å². The molecule has 0 aromatic rings. The Morgan fingerprint density at radius 2 is 1.67 bits per heavy atom. The van der Waals surface area contributed by atoms with E-state index in [2.05, 4.69) is 50.5 Å². The Kier molecular flexibility index (Phi) is 10.7. The van der Waals surface area contributed by atoms with Crippen LogP contribution in [0.4, 0.5) is 0 Å². The quantitative estimate of drug-likeness (QED) is 0.205. The maximum Gasteiger partial charge on any atom is 0.346 e. The lowest BCUT2D eigenvalue weighted by Crippen LogP contribution is -2.45. The van der Waals surface area contributed by atoms with E-state index in [4.69, 9.17) is 9.84 Å². The van der Waals surface area contributed by atoms with E-state index in [0.717, 1.165) is 0 Å². The fourth-order valence-corrected chi connectivity index (χ4v) is 2.91. The van der Waals surface area contributed by atoms with Crippen molar-refractivity contribution in [3.05, 3.63) is 0 Å². The number of carboxylic acid groups (broad SMARTS) is 2. The molecule has 0 heterocycles. The lowest BCUT2D eigenvalue weighted by Gasteiger charge is -2.32. The van der Waals surface area contributed by atoms with Crippen LogP contribution in [0.3, 0.4) is 0 Å². The van der Waals surface area contributed by atoms with Gasteiger partial charge in [-0.05, 0) is 0 Å². The first-order valence-corrected chi connectivity index (χ1v) is 8.90. The molecule has 0 bridgehead atoms. The second kappa shape index (κ2) is 10.4. The maximum atomic E-state index is 11.6. The summed E-state index contributed by atoms with van der Waals surface area (Å²) in [4.78, 5) is 20.4. The minimum atomic E-state index is -1.95. The summed E-state index contributed by atoms with van der Waals surface area (Å²) in [6.07, 6.45) is -0.128. The monoisotopic (exact) mass is 394 g/mol. The first kappa shape index (κ1) is 21.6. The van der Waals surface area contributed by atoms with Crippen LogP contribution in [-0.2, 0) is 14.3 Å². The average molecular weight is 395 g/mol. The van der Waals surface area contributed by atoms with Gasteiger partial charge in [-0.3, -0.25) is 0 Å². The number of aliphatic hydroxyl groups excluding tert-OH is 1. The second-order valence-corrected chi connectivity index (χ2v) is 7.59. The van der Waals surface area contributed by atoms with Crippen LogP contribution in [0.15, 0.2) is 0 Å². The highest BCUT2D eigenvalue weighted by atomic mass is 32.2. The molecular weight excluding hydrogens is 376 g/mol. The topological polar surface area (TPSA) is 104 Å². The Balaban J connectivity index is 5.22. The van der Waals surface area contributed by atoms with Gasteiger partial charge in [0.1, 0.15) is 0 Å². The Labute approximate surface area is 149 Å². The minimum Gasteiger partial charge on any atom is -0.479 e. The zero-order valence-electron chi connectivity index (χ0n) is 10.8. The van der Waals surface area contributed by atoms with Gasteiger partial charge in [-0.2, -0.15) is 50.5 Å². The number of hydrogen-bond donors (Lipinski definition) is 7. The Morgan fingerprint density at radius 3 is 2.05 bits per heavy atom. The van der Waals surface area contributed by atoms with Crippen LogP contribution in [0.5, 0.6) is 0 Å². The molecule has 4 atom stereocenters. The minimum absolute atomic E-state index is 0.0642. The molecule has 0 aromatic carbocycles. The van der Waals surface area contributed by atoms with Gasteiger partial charge >= 0.3 is 11.9 Å². The lowest BCUT2D eigenvalue weighted by atomic mass is 10.2. The first-order chi connectivity index (χ1) is 9.68. The molecule has 124 valence electrons. The van der Waals surface area contributed by atoms with Gasteiger partial charge in [0.25, 0.3) is 0 Å². The molecule has 0 saturated heterocycles. The fourth-order valence-electron chi connectivity index (χ4n) is 1.23. The van der Waals surface area contributed by atoms with Crippen LogP contribution >= 0.6 is 62.3 Å². The molecule has 0 fully saturated rings. The number of aliphatic hydroxyl groups is 1. The average Bonchev–Trinajstić information content (AvgIpc) is 2.43. The number of rotatable bonds is 11. The number of hydrogen-bond acceptors (Lipinski definition) is 9. The van der Waals surface area contributed by atoms with E-state index in [1.807, 2.05) is 0 Å². The first-order valence-electron chi connectivity index (χ1n) is 5.72. The number of aliphatic carboxylic acids is 2. The van der Waals surface area contributed by atoms with Crippen LogP contribution < -0.4 is 0 Å². The highest BCUT2D eigenvalue weighted by molar-refractivity contribution is 8.02. The van der Waals surface area contributed by atoms with E-state index < -0.39 is 27.6 Å². The molecule has 0 radical (unpaired) electrons. The number of thioether (sulfide) groups is 1. The van der Waals surface area contributed by atoms with E-state index in [9.17, 15) is 19.8 Å². The van der Waals surface area contributed by atoms with Crippen molar-refractivity contribution in [2.75, 3.05) is 18.1 Å². The predicted molar refractivity (Wildman–Crippen MR) is 95.4 cm³/mol. The Hall–Kier alpha value is 0.610. The molecule has 0 saturated carbocycles. The zero-order chi connectivity index (χ0) is 16.6. The van der Waals surface area contributed by atoms with Crippen molar-refractivity contribution < 1.29 is 29.6 Å². The molecule has 0 aromatic heterocycles. The lowest BCUT2D eigenvalue weighted by molar-refractivity contribution is -0.154. The van der Waals surface area contributed by atoms with E-state index in [1.54, 1.807) is 0 Å². The molecule has 0 amide bonds. The Morgan fingerprint density at radius 1 is 1.14 bits per heavy atom. The number of ether oxygens (including phenoxy) is 1. The third kappa shape index (κ3) is 7.62. The summed E-state index contributed by atoms with van der Waals surface area (Å²) in [5, 5.41) is 26.9. The molecule has 3 N–H and O–H groups in total. The number of carbonyl (C=O) groups is 2. The smallest absolute Gasteiger partial charge is 0.346 e. The van der Waals surface area contributed by atoms with E-state index in [-0.39, 0.29) is 24.0 Å². The van der Waals surface area contributed by atoms with Gasteiger partial charge in [0, 0.05) is 28.4 Å². The molecule has 0 aliphatic heterocycles. The van der Waals surface area contributed by atoms with Crippen LogP contribution in [0.25, 0.3) is 0 Å². The van der Waals surface area contributed by atoms with Gasteiger partial charge in [-0.1, -0.05) is 11.8 Å². The summed E-state index contributed by atoms with van der Waals surface area (Å²) < 4.78 is 5.37. The van der Waals surface area contributed by atoms with Gasteiger partial charge < -0.3 is 20.1 Å². The molecule has 4 unspecified atom stereocenters. The molecule has 0 rings (SSSR count). The molecule has 0 aliphatic rings. The van der Waals surface area contributed by atoms with Crippen molar-refractivity contribution in [3.8, 4) is 0 Å². The molecule has 0 spiro atoms. The highest BCUT2D eigenvalue weighted by Crippen LogP contribution is 2.37. The summed E-state index contributed by atoms with van der Waals surface area (Å²) in [6.45, 7) is -0.0642. The van der Waals surface area contributed by atoms with Crippen LogP contribution in [0.2, 0.25) is 0 Å². The van der Waals surface area contributed by atoms with Crippen LogP contribution in [0.1, 0.15) is 6.42 Å². The van der Waals surface area contributed by atoms with Crippen molar-refractivity contribution in [2.24, 2.45) is 0 Å². The van der Waals surface area contributed by atoms with Crippen molar-refractivity contribution in [3.63, 3.8) is 0 Å². The summed E-state index contributed by atoms with van der Waals surface area (Å²) in [6, 6.07) is 0. The van der Waals surface area contributed by atoms with Crippen LogP contribution in [0, 0.1) is 0 Å². The van der Waals surface area contributed by atoms with Crippen LogP contribution in [-0.4, -0.2) is 66.2 Å². The van der Waals surface area contributed by atoms with Gasteiger partial charge in [0.2, 0.25) is 10.4 Å². The third-order valence-electron chi connectivity index (χ3n) is 2.27. The van der Waals surface area contributed by atoms with Crippen molar-refractivity contribution in [2.45, 2.75) is 27.3 Å². The van der Waals surface area contributed by atoms with Crippen molar-refractivity contribution in [1.82, 2.24) is 0 Å². The summed E-state index contributed by atoms with van der Waals surface area (Å²) in [7, 11) is 0. The third-order valence-corrected chi connectivity index (χ3v) is 5.69. The Bertz CT molecular complexity index is 357. The van der Waals surface area contributed by atoms with Crippen molar-refractivity contribution >= 4 is 74.2 Å². The predicted octanol–water partition coefficient (Wildman–Crippen LogP) is 0.767. The molecule has 0 aliphatic carbocycles. The van der Waals surface area contributed by atoms with Gasteiger partial charge in [0.05, 0.1) is 6.61 Å². The molecule has 21 heavy (non-hydrogen) atoms. The highest BCUT2D eigenvalue weighted by Gasteiger charge is 2.45. The summed E-state index contributed by atoms with van der Waals surface area (Å²) in [5.41, 5.74) is -1.93. The maximum absolute atomic E-state index is 11.6. The SMILES string of the molecule is O=C(O)C(O)SC(CC(S)CS)(OCC(S)CS)C(=O)O. The number of thiol groups is 4. The van der Waals surface area contributed by atoms with Crippen molar-refractivity contribution in [1.29, 1.82) is 0 Å². The molecular formula is C10H18O6S5.